The average molecular weight is 677 g/mol. The van der Waals surface area contributed by atoms with E-state index < -0.39 is 0 Å². The van der Waals surface area contributed by atoms with Gasteiger partial charge in [0.25, 0.3) is 0 Å². The first-order valence-electron chi connectivity index (χ1n) is 16.2. The van der Waals surface area contributed by atoms with Crippen molar-refractivity contribution < 1.29 is 9.59 Å². The number of amides is 2. The topological polar surface area (TPSA) is 62.7 Å². The van der Waals surface area contributed by atoms with Crippen LogP contribution in [0.25, 0.3) is 0 Å². The summed E-state index contributed by atoms with van der Waals surface area (Å²) < 4.78 is 0. The van der Waals surface area contributed by atoms with E-state index in [1.54, 1.807) is 23.5 Å². The van der Waals surface area contributed by atoms with Crippen molar-refractivity contribution in [3.05, 3.63) is 119 Å². The van der Waals surface area contributed by atoms with Crippen LogP contribution in [-0.4, -0.2) is 75.3 Å². The summed E-state index contributed by atoms with van der Waals surface area (Å²) >= 11 is 3.34. The summed E-state index contributed by atoms with van der Waals surface area (Å²) in [5.74, 6) is 2.17. The number of carbonyl (C=O) groups excluding carboxylic acids is 2. The lowest BCUT2D eigenvalue weighted by atomic mass is 10.1. The van der Waals surface area contributed by atoms with E-state index in [1.807, 2.05) is 50.1 Å². The summed E-state index contributed by atoms with van der Waals surface area (Å²) in [5.41, 5.74) is 8.56. The van der Waals surface area contributed by atoms with Crippen molar-refractivity contribution in [2.75, 3.05) is 72.4 Å². The van der Waals surface area contributed by atoms with E-state index in [2.05, 4.69) is 99.6 Å². The Morgan fingerprint density at radius 2 is 1.10 bits per heavy atom. The molecule has 2 unspecified atom stereocenters. The molecule has 10 heteroatoms. The highest BCUT2D eigenvalue weighted by atomic mass is 32.2. The van der Waals surface area contributed by atoms with Crippen molar-refractivity contribution in [3.63, 3.8) is 0 Å². The standard InChI is InChI=1S/C38H40N6O2S2/c1-40(2)30-15-9-28(10-16-30)37-43(34(45)24-47-37)32-13-5-26(6-14-32)23-42-22-21-39-36(42)27-7-19-33(20-8-27)44-35(46)25-48-38(44)29-11-17-31(18-12-29)41(3)4/h5-20,37-38H,21-25H2,1-4H3. The lowest BCUT2D eigenvalue weighted by Gasteiger charge is -2.26. The third-order valence-corrected chi connectivity index (χ3v) is 11.5. The molecule has 7 rings (SSSR count). The van der Waals surface area contributed by atoms with Gasteiger partial charge >= 0.3 is 0 Å². The maximum atomic E-state index is 13.0. The van der Waals surface area contributed by atoms with Crippen LogP contribution in [0.1, 0.15) is 33.0 Å². The summed E-state index contributed by atoms with van der Waals surface area (Å²) in [5, 5.41) is -0.0793. The smallest absolute Gasteiger partial charge is 0.238 e. The minimum atomic E-state index is -0.0452. The molecule has 2 atom stereocenters. The Hall–Kier alpha value is -4.41. The molecule has 2 saturated heterocycles. The Balaban J connectivity index is 1.03. The lowest BCUT2D eigenvalue weighted by molar-refractivity contribution is -0.116. The molecule has 3 aliphatic heterocycles. The Morgan fingerprint density at radius 3 is 1.56 bits per heavy atom. The van der Waals surface area contributed by atoms with Crippen molar-refractivity contribution in [3.8, 4) is 0 Å². The number of benzene rings is 4. The SMILES string of the molecule is CN(C)c1ccc(C2SCC(=O)N2c2ccc(CN3CCN=C3c3ccc(N4C(=O)CSC4c4ccc(N(C)C)cc4)cc3)cc2)cc1. The Kier molecular flexibility index (Phi) is 9.11. The fourth-order valence-electron chi connectivity index (χ4n) is 6.44. The highest BCUT2D eigenvalue weighted by Crippen LogP contribution is 2.43. The molecule has 2 fully saturated rings. The second kappa shape index (κ2) is 13.6. The minimum absolute atomic E-state index is 0.0341. The fraction of sp³-hybridized carbons (Fsp3) is 0.289. The Morgan fingerprint density at radius 1 is 0.646 bits per heavy atom. The second-order valence-electron chi connectivity index (χ2n) is 12.7. The zero-order valence-electron chi connectivity index (χ0n) is 27.7. The summed E-state index contributed by atoms with van der Waals surface area (Å²) in [6, 6.07) is 33.5. The number of hydrogen-bond donors (Lipinski definition) is 0. The van der Waals surface area contributed by atoms with Gasteiger partial charge in [0.1, 0.15) is 16.6 Å². The van der Waals surface area contributed by atoms with Crippen molar-refractivity contribution in [2.45, 2.75) is 17.3 Å². The van der Waals surface area contributed by atoms with Crippen LogP contribution in [0.15, 0.2) is 102 Å². The Bertz CT molecular complexity index is 1810. The molecule has 48 heavy (non-hydrogen) atoms. The molecule has 246 valence electrons. The van der Waals surface area contributed by atoms with Gasteiger partial charge in [0.05, 0.1) is 18.1 Å². The van der Waals surface area contributed by atoms with Gasteiger partial charge in [0.2, 0.25) is 11.8 Å². The third kappa shape index (κ3) is 6.39. The molecule has 8 nitrogen and oxygen atoms in total. The number of aliphatic imine (C=N–C) groups is 1. The predicted molar refractivity (Wildman–Crippen MR) is 202 cm³/mol. The molecule has 0 saturated carbocycles. The Labute approximate surface area is 291 Å². The van der Waals surface area contributed by atoms with E-state index in [-0.39, 0.29) is 22.6 Å². The van der Waals surface area contributed by atoms with Gasteiger partial charge in [-0.25, -0.2) is 0 Å². The summed E-state index contributed by atoms with van der Waals surface area (Å²) in [6.07, 6.45) is 0. The van der Waals surface area contributed by atoms with Gasteiger partial charge < -0.3 is 14.7 Å². The number of thioether (sulfide) groups is 2. The van der Waals surface area contributed by atoms with Crippen LogP contribution in [0.4, 0.5) is 22.7 Å². The predicted octanol–water partition coefficient (Wildman–Crippen LogP) is 6.64. The van der Waals surface area contributed by atoms with E-state index in [4.69, 9.17) is 4.99 Å². The lowest BCUT2D eigenvalue weighted by Crippen LogP contribution is -2.29. The maximum Gasteiger partial charge on any atom is 0.238 e. The van der Waals surface area contributed by atoms with E-state index in [0.717, 1.165) is 64.9 Å². The normalized spacial score (nSPS) is 19.3. The zero-order chi connectivity index (χ0) is 33.4. The molecule has 4 aromatic carbocycles. The summed E-state index contributed by atoms with van der Waals surface area (Å²) in [4.78, 5) is 41.2. The maximum absolute atomic E-state index is 13.0. The van der Waals surface area contributed by atoms with Crippen molar-refractivity contribution in [1.82, 2.24) is 4.90 Å². The number of anilines is 4. The molecule has 0 N–H and O–H groups in total. The molecular weight excluding hydrogens is 637 g/mol. The van der Waals surface area contributed by atoms with Crippen LogP contribution >= 0.6 is 23.5 Å². The monoisotopic (exact) mass is 676 g/mol. The zero-order valence-corrected chi connectivity index (χ0v) is 29.4. The van der Waals surface area contributed by atoms with Crippen LogP contribution in [-0.2, 0) is 16.1 Å². The van der Waals surface area contributed by atoms with Gasteiger partial charge in [0.15, 0.2) is 0 Å². The molecule has 0 bridgehead atoms. The number of rotatable bonds is 9. The van der Waals surface area contributed by atoms with E-state index >= 15 is 0 Å². The number of hydrogen-bond acceptors (Lipinski definition) is 8. The second-order valence-corrected chi connectivity index (χ2v) is 14.8. The van der Waals surface area contributed by atoms with Gasteiger partial charge in [-0.1, -0.05) is 36.4 Å². The first-order valence-corrected chi connectivity index (χ1v) is 18.3. The summed E-state index contributed by atoms with van der Waals surface area (Å²) in [6.45, 7) is 2.32. The van der Waals surface area contributed by atoms with Crippen molar-refractivity contribution >= 4 is 63.9 Å². The molecule has 0 spiro atoms. The highest BCUT2D eigenvalue weighted by Gasteiger charge is 2.35. The van der Waals surface area contributed by atoms with Gasteiger partial charge in [-0.2, -0.15) is 0 Å². The van der Waals surface area contributed by atoms with Crippen LogP contribution in [0, 0.1) is 0 Å². The molecule has 2 amide bonds. The van der Waals surface area contributed by atoms with Gasteiger partial charge in [-0.15, -0.1) is 23.5 Å². The van der Waals surface area contributed by atoms with Crippen LogP contribution in [0.2, 0.25) is 0 Å². The van der Waals surface area contributed by atoms with Crippen LogP contribution < -0.4 is 19.6 Å². The fourth-order valence-corrected chi connectivity index (χ4v) is 8.79. The van der Waals surface area contributed by atoms with Crippen molar-refractivity contribution in [1.29, 1.82) is 0 Å². The van der Waals surface area contributed by atoms with Crippen molar-refractivity contribution in [2.24, 2.45) is 4.99 Å². The van der Waals surface area contributed by atoms with E-state index in [1.165, 1.54) is 5.56 Å². The number of carbonyl (C=O) groups is 2. The summed E-state index contributed by atoms with van der Waals surface area (Å²) in [7, 11) is 8.12. The molecular formula is C38H40N6O2S2. The first-order chi connectivity index (χ1) is 23.3. The third-order valence-electron chi connectivity index (χ3n) is 9.05. The van der Waals surface area contributed by atoms with E-state index in [0.29, 0.717) is 11.5 Å². The largest absolute Gasteiger partial charge is 0.378 e. The van der Waals surface area contributed by atoms with Gasteiger partial charge in [-0.3, -0.25) is 24.4 Å². The number of nitrogens with zero attached hydrogens (tertiary/aromatic N) is 6. The average Bonchev–Trinajstić information content (AvgIpc) is 3.84. The first kappa shape index (κ1) is 32.2. The van der Waals surface area contributed by atoms with Gasteiger partial charge in [0, 0.05) is 69.6 Å². The molecule has 0 aliphatic carbocycles. The molecule has 3 aliphatic rings. The van der Waals surface area contributed by atoms with Crippen LogP contribution in [0.3, 0.4) is 0 Å². The van der Waals surface area contributed by atoms with Crippen LogP contribution in [0.5, 0.6) is 0 Å². The van der Waals surface area contributed by atoms with E-state index in [9.17, 15) is 9.59 Å². The quantitative estimate of drug-likeness (QED) is 0.197. The number of amidine groups is 1. The molecule has 4 aromatic rings. The minimum Gasteiger partial charge on any atom is -0.378 e. The molecule has 3 heterocycles. The van der Waals surface area contributed by atoms with Gasteiger partial charge in [-0.05, 0) is 77.4 Å². The highest BCUT2D eigenvalue weighted by molar-refractivity contribution is 8.01. The molecule has 0 radical (unpaired) electrons. The molecule has 0 aromatic heterocycles.